The van der Waals surface area contributed by atoms with Gasteiger partial charge in [-0.3, -0.25) is 9.89 Å². The summed E-state index contributed by atoms with van der Waals surface area (Å²) in [4.78, 5) is 6.67. The molecule has 0 radical (unpaired) electrons. The van der Waals surface area contributed by atoms with E-state index in [0.29, 0.717) is 13.1 Å². The van der Waals surface area contributed by atoms with E-state index in [1.54, 1.807) is 0 Å². The van der Waals surface area contributed by atoms with Crippen molar-refractivity contribution in [2.24, 2.45) is 4.99 Å². The van der Waals surface area contributed by atoms with Gasteiger partial charge in [0, 0.05) is 39.3 Å². The summed E-state index contributed by atoms with van der Waals surface area (Å²) < 4.78 is 22.7. The first-order valence-electron chi connectivity index (χ1n) is 7.52. The number of unbranched alkanes of at least 4 members (excludes halogenated alkanes) is 1. The SMILES string of the molecule is CCCCN=C(NCC)NCCN1CCS(=O)(=O)CC1. The van der Waals surface area contributed by atoms with Gasteiger partial charge in [0.2, 0.25) is 0 Å². The second kappa shape index (κ2) is 9.18. The van der Waals surface area contributed by atoms with Crippen molar-refractivity contribution in [3.8, 4) is 0 Å². The number of rotatable bonds is 7. The fourth-order valence-corrected chi connectivity index (χ4v) is 3.27. The van der Waals surface area contributed by atoms with E-state index in [0.717, 1.165) is 45.0 Å². The molecule has 0 aromatic carbocycles. The number of hydrogen-bond donors (Lipinski definition) is 2. The molecule has 1 aliphatic heterocycles. The van der Waals surface area contributed by atoms with Crippen molar-refractivity contribution >= 4 is 15.8 Å². The van der Waals surface area contributed by atoms with Crippen LogP contribution >= 0.6 is 0 Å². The molecule has 1 fully saturated rings. The van der Waals surface area contributed by atoms with Gasteiger partial charge in [-0.25, -0.2) is 8.42 Å². The monoisotopic (exact) mass is 304 g/mol. The van der Waals surface area contributed by atoms with Gasteiger partial charge in [0.25, 0.3) is 0 Å². The Morgan fingerprint density at radius 3 is 2.50 bits per heavy atom. The third-order valence-corrected chi connectivity index (χ3v) is 4.89. The van der Waals surface area contributed by atoms with Crippen LogP contribution in [-0.4, -0.2) is 70.1 Å². The number of sulfone groups is 1. The zero-order valence-electron chi connectivity index (χ0n) is 12.7. The van der Waals surface area contributed by atoms with Crippen LogP contribution in [0, 0.1) is 0 Å². The molecule has 0 aliphatic carbocycles. The average molecular weight is 304 g/mol. The van der Waals surface area contributed by atoms with Crippen LogP contribution < -0.4 is 10.6 Å². The van der Waals surface area contributed by atoms with Gasteiger partial charge in [-0.1, -0.05) is 13.3 Å². The van der Waals surface area contributed by atoms with Crippen molar-refractivity contribution in [2.45, 2.75) is 26.7 Å². The Bertz CT molecular complexity index is 381. The summed E-state index contributed by atoms with van der Waals surface area (Å²) in [6, 6.07) is 0. The van der Waals surface area contributed by atoms with Gasteiger partial charge in [-0.05, 0) is 13.3 Å². The molecule has 1 aliphatic rings. The fourth-order valence-electron chi connectivity index (χ4n) is 2.00. The molecule has 0 amide bonds. The molecular formula is C13H28N4O2S. The summed E-state index contributed by atoms with van der Waals surface area (Å²) >= 11 is 0. The summed E-state index contributed by atoms with van der Waals surface area (Å²) in [5.41, 5.74) is 0. The Hall–Kier alpha value is -0.820. The van der Waals surface area contributed by atoms with E-state index in [9.17, 15) is 8.42 Å². The minimum Gasteiger partial charge on any atom is -0.357 e. The van der Waals surface area contributed by atoms with Crippen molar-refractivity contribution in [3.05, 3.63) is 0 Å². The molecule has 2 N–H and O–H groups in total. The lowest BCUT2D eigenvalue weighted by Crippen LogP contribution is -2.46. The molecule has 118 valence electrons. The first-order chi connectivity index (χ1) is 9.57. The smallest absolute Gasteiger partial charge is 0.191 e. The second-order valence-electron chi connectivity index (χ2n) is 5.03. The van der Waals surface area contributed by atoms with Crippen LogP contribution in [0.3, 0.4) is 0 Å². The average Bonchev–Trinajstić information content (AvgIpc) is 2.41. The van der Waals surface area contributed by atoms with Gasteiger partial charge in [-0.15, -0.1) is 0 Å². The van der Waals surface area contributed by atoms with E-state index in [4.69, 9.17) is 0 Å². The second-order valence-corrected chi connectivity index (χ2v) is 7.34. The van der Waals surface area contributed by atoms with Gasteiger partial charge in [0.15, 0.2) is 15.8 Å². The first-order valence-corrected chi connectivity index (χ1v) is 9.34. The fraction of sp³-hybridized carbons (Fsp3) is 0.923. The summed E-state index contributed by atoms with van der Waals surface area (Å²) in [5.74, 6) is 1.43. The zero-order chi connectivity index (χ0) is 14.8. The molecule has 20 heavy (non-hydrogen) atoms. The normalized spacial score (nSPS) is 19.8. The van der Waals surface area contributed by atoms with Crippen LogP contribution in [0.5, 0.6) is 0 Å². The van der Waals surface area contributed by atoms with Crippen LogP contribution in [0.4, 0.5) is 0 Å². The molecule has 0 spiro atoms. The van der Waals surface area contributed by atoms with Gasteiger partial charge < -0.3 is 10.6 Å². The molecule has 1 rings (SSSR count). The largest absolute Gasteiger partial charge is 0.357 e. The highest BCUT2D eigenvalue weighted by Crippen LogP contribution is 2.02. The van der Waals surface area contributed by atoms with Crippen LogP contribution in [0.15, 0.2) is 4.99 Å². The molecule has 7 heteroatoms. The van der Waals surface area contributed by atoms with E-state index >= 15 is 0 Å². The highest BCUT2D eigenvalue weighted by Gasteiger charge is 2.20. The molecule has 0 unspecified atom stereocenters. The predicted molar refractivity (Wildman–Crippen MR) is 84.0 cm³/mol. The quantitative estimate of drug-likeness (QED) is 0.396. The zero-order valence-corrected chi connectivity index (χ0v) is 13.5. The minimum atomic E-state index is -2.78. The van der Waals surface area contributed by atoms with E-state index < -0.39 is 9.84 Å². The lowest BCUT2D eigenvalue weighted by molar-refractivity contribution is 0.299. The van der Waals surface area contributed by atoms with Crippen molar-refractivity contribution in [1.29, 1.82) is 0 Å². The first kappa shape index (κ1) is 17.2. The number of hydrogen-bond acceptors (Lipinski definition) is 4. The van der Waals surface area contributed by atoms with Crippen LogP contribution in [0.2, 0.25) is 0 Å². The maximum absolute atomic E-state index is 11.3. The van der Waals surface area contributed by atoms with Gasteiger partial charge in [-0.2, -0.15) is 0 Å². The van der Waals surface area contributed by atoms with Gasteiger partial charge in [0.1, 0.15) is 0 Å². The number of aliphatic imine (C=N–C) groups is 1. The third kappa shape index (κ3) is 7.09. The lowest BCUT2D eigenvalue weighted by Gasteiger charge is -2.26. The highest BCUT2D eigenvalue weighted by molar-refractivity contribution is 7.91. The van der Waals surface area contributed by atoms with Gasteiger partial charge >= 0.3 is 0 Å². The Morgan fingerprint density at radius 1 is 1.20 bits per heavy atom. The van der Waals surface area contributed by atoms with Crippen molar-refractivity contribution in [2.75, 3.05) is 50.8 Å². The molecule has 0 saturated carbocycles. The summed E-state index contributed by atoms with van der Waals surface area (Å²) in [5, 5.41) is 6.51. The molecular weight excluding hydrogens is 276 g/mol. The molecule has 0 aromatic rings. The van der Waals surface area contributed by atoms with E-state index in [2.05, 4.69) is 27.4 Å². The van der Waals surface area contributed by atoms with E-state index in [1.165, 1.54) is 0 Å². The molecule has 6 nitrogen and oxygen atoms in total. The summed E-state index contributed by atoms with van der Waals surface area (Å²) in [6.45, 7) is 8.83. The summed E-state index contributed by atoms with van der Waals surface area (Å²) in [7, 11) is -2.78. The minimum absolute atomic E-state index is 0.289. The van der Waals surface area contributed by atoms with Crippen molar-refractivity contribution < 1.29 is 8.42 Å². The number of nitrogens with one attached hydrogen (secondary N) is 2. The van der Waals surface area contributed by atoms with Crippen LogP contribution in [0.25, 0.3) is 0 Å². The highest BCUT2D eigenvalue weighted by atomic mass is 32.2. The van der Waals surface area contributed by atoms with Crippen molar-refractivity contribution in [1.82, 2.24) is 15.5 Å². The molecule has 0 bridgehead atoms. The predicted octanol–water partition coefficient (Wildman–Crippen LogP) is 0.0720. The van der Waals surface area contributed by atoms with Crippen molar-refractivity contribution in [3.63, 3.8) is 0 Å². The van der Waals surface area contributed by atoms with Crippen LogP contribution in [0.1, 0.15) is 26.7 Å². The molecule has 0 aromatic heterocycles. The maximum atomic E-state index is 11.3. The molecule has 0 atom stereocenters. The standard InChI is InChI=1S/C13H28N4O2S/c1-3-5-6-15-13(14-4-2)16-7-8-17-9-11-20(18,19)12-10-17/h3-12H2,1-2H3,(H2,14,15,16). The summed E-state index contributed by atoms with van der Waals surface area (Å²) in [6.07, 6.45) is 2.24. The Labute approximate surface area is 122 Å². The molecule has 1 saturated heterocycles. The Balaban J connectivity index is 2.25. The van der Waals surface area contributed by atoms with E-state index in [1.807, 2.05) is 6.92 Å². The maximum Gasteiger partial charge on any atom is 0.191 e. The Morgan fingerprint density at radius 2 is 1.90 bits per heavy atom. The topological polar surface area (TPSA) is 73.8 Å². The van der Waals surface area contributed by atoms with Gasteiger partial charge in [0.05, 0.1) is 11.5 Å². The number of guanidine groups is 1. The molecule has 1 heterocycles. The Kier molecular flexibility index (Phi) is 7.91. The number of nitrogens with zero attached hydrogens (tertiary/aromatic N) is 2. The van der Waals surface area contributed by atoms with E-state index in [-0.39, 0.29) is 11.5 Å². The van der Waals surface area contributed by atoms with Crippen LogP contribution in [-0.2, 0) is 9.84 Å². The third-order valence-electron chi connectivity index (χ3n) is 3.28. The lowest BCUT2D eigenvalue weighted by atomic mass is 10.3.